The average Bonchev–Trinajstić information content (AvgIpc) is 3.25. The maximum absolute atomic E-state index is 12.9. The molecule has 0 radical (unpaired) electrons. The summed E-state index contributed by atoms with van der Waals surface area (Å²) < 4.78 is 1.96. The van der Waals surface area contributed by atoms with Crippen molar-refractivity contribution in [1.29, 1.82) is 0 Å². The molecule has 1 amide bonds. The third-order valence-electron chi connectivity index (χ3n) is 5.99. The van der Waals surface area contributed by atoms with Crippen molar-refractivity contribution in [3.05, 3.63) is 40.7 Å². The fraction of sp³-hybridized carbons (Fsp3) is 0.619. The van der Waals surface area contributed by atoms with Gasteiger partial charge in [0.25, 0.3) is 0 Å². The van der Waals surface area contributed by atoms with Crippen LogP contribution in [0.5, 0.6) is 0 Å². The zero-order chi connectivity index (χ0) is 19.8. The number of hydrogen-bond donors (Lipinski definition) is 0. The minimum atomic E-state index is 0.0561. The van der Waals surface area contributed by atoms with Gasteiger partial charge in [0, 0.05) is 55.8 Å². The smallest absolute Gasteiger partial charge is 0.225 e. The van der Waals surface area contributed by atoms with E-state index < -0.39 is 0 Å². The summed E-state index contributed by atoms with van der Waals surface area (Å²) in [6.07, 6.45) is 4.35. The zero-order valence-electron chi connectivity index (χ0n) is 17.4. The van der Waals surface area contributed by atoms with Crippen molar-refractivity contribution < 1.29 is 4.79 Å². The van der Waals surface area contributed by atoms with Crippen LogP contribution in [0.25, 0.3) is 0 Å². The van der Waals surface area contributed by atoms with E-state index in [4.69, 9.17) is 4.98 Å². The molecule has 4 rings (SSSR count). The lowest BCUT2D eigenvalue weighted by Gasteiger charge is -2.29. The molecule has 150 valence electrons. The Morgan fingerprint density at radius 2 is 2.14 bits per heavy atom. The molecule has 7 nitrogen and oxygen atoms in total. The van der Waals surface area contributed by atoms with Crippen molar-refractivity contribution in [2.45, 2.75) is 58.5 Å². The molecule has 0 aliphatic carbocycles. The standard InChI is InChI=1S/C21H30N6O/c1-14-9-15(2)27(24-14)16(3)10-20(28)26-8-6-19-18(13-26)11-22-21(23-19)17-5-7-25(4)12-17/h9,11,16-17H,5-8,10,12-13H2,1-4H3/t16-,17-/m0/s1. The predicted molar refractivity (Wildman–Crippen MR) is 107 cm³/mol. The summed E-state index contributed by atoms with van der Waals surface area (Å²) >= 11 is 0. The lowest BCUT2D eigenvalue weighted by molar-refractivity contribution is -0.133. The molecule has 0 spiro atoms. The highest BCUT2D eigenvalue weighted by Crippen LogP contribution is 2.26. The van der Waals surface area contributed by atoms with Crippen LogP contribution in [0, 0.1) is 13.8 Å². The molecule has 0 saturated carbocycles. The number of carbonyl (C=O) groups excluding carboxylic acids is 1. The molecule has 2 atom stereocenters. The van der Waals surface area contributed by atoms with Gasteiger partial charge < -0.3 is 9.80 Å². The molecule has 2 aliphatic rings. The summed E-state index contributed by atoms with van der Waals surface area (Å²) in [5, 5.41) is 4.52. The van der Waals surface area contributed by atoms with E-state index in [0.717, 1.165) is 60.9 Å². The minimum absolute atomic E-state index is 0.0561. The van der Waals surface area contributed by atoms with E-state index in [2.05, 4.69) is 35.0 Å². The van der Waals surface area contributed by atoms with Gasteiger partial charge in [-0.15, -0.1) is 0 Å². The average molecular weight is 383 g/mol. The van der Waals surface area contributed by atoms with Gasteiger partial charge in [-0.3, -0.25) is 9.48 Å². The van der Waals surface area contributed by atoms with E-state index in [1.54, 1.807) is 0 Å². The zero-order valence-corrected chi connectivity index (χ0v) is 17.4. The first-order chi connectivity index (χ1) is 13.4. The number of likely N-dealkylation sites (tertiary alicyclic amines) is 1. The fourth-order valence-corrected chi connectivity index (χ4v) is 4.45. The number of amides is 1. The third-order valence-corrected chi connectivity index (χ3v) is 5.99. The Labute approximate surface area is 166 Å². The van der Waals surface area contributed by atoms with Gasteiger partial charge in [0.15, 0.2) is 0 Å². The second-order valence-electron chi connectivity index (χ2n) is 8.44. The number of aryl methyl sites for hydroxylation is 2. The first kappa shape index (κ1) is 19.1. The number of hydrogen-bond acceptors (Lipinski definition) is 5. The van der Waals surface area contributed by atoms with Gasteiger partial charge in [-0.2, -0.15) is 5.10 Å². The van der Waals surface area contributed by atoms with Crippen LogP contribution in [-0.4, -0.2) is 62.1 Å². The molecule has 2 aromatic heterocycles. The highest BCUT2D eigenvalue weighted by Gasteiger charge is 2.27. The van der Waals surface area contributed by atoms with E-state index >= 15 is 0 Å². The quantitative estimate of drug-likeness (QED) is 0.811. The van der Waals surface area contributed by atoms with Gasteiger partial charge in [0.2, 0.25) is 5.91 Å². The second-order valence-corrected chi connectivity index (χ2v) is 8.44. The van der Waals surface area contributed by atoms with Crippen LogP contribution in [0.4, 0.5) is 0 Å². The van der Waals surface area contributed by atoms with Crippen LogP contribution in [0.15, 0.2) is 12.3 Å². The van der Waals surface area contributed by atoms with E-state index in [0.29, 0.717) is 18.9 Å². The van der Waals surface area contributed by atoms with Gasteiger partial charge in [-0.1, -0.05) is 0 Å². The first-order valence-corrected chi connectivity index (χ1v) is 10.2. The minimum Gasteiger partial charge on any atom is -0.338 e. The van der Waals surface area contributed by atoms with Crippen molar-refractivity contribution in [2.75, 3.05) is 26.7 Å². The molecule has 4 heterocycles. The summed E-state index contributed by atoms with van der Waals surface area (Å²) in [5.74, 6) is 1.59. The van der Waals surface area contributed by atoms with E-state index in [1.165, 1.54) is 0 Å². The molecule has 0 unspecified atom stereocenters. The van der Waals surface area contributed by atoms with E-state index in [9.17, 15) is 4.79 Å². The molecule has 0 bridgehead atoms. The molecule has 2 aromatic rings. The summed E-state index contributed by atoms with van der Waals surface area (Å²) in [6, 6.07) is 2.11. The number of fused-ring (bicyclic) bond motifs is 1. The van der Waals surface area contributed by atoms with Crippen molar-refractivity contribution >= 4 is 5.91 Å². The van der Waals surface area contributed by atoms with Crippen molar-refractivity contribution in [3.63, 3.8) is 0 Å². The number of carbonyl (C=O) groups is 1. The first-order valence-electron chi connectivity index (χ1n) is 10.2. The third kappa shape index (κ3) is 3.81. The summed E-state index contributed by atoms with van der Waals surface area (Å²) in [7, 11) is 2.15. The number of rotatable bonds is 4. The van der Waals surface area contributed by atoms with Crippen molar-refractivity contribution in [2.24, 2.45) is 0 Å². The lowest BCUT2D eigenvalue weighted by Crippen LogP contribution is -2.37. The summed E-state index contributed by atoms with van der Waals surface area (Å²) in [5.41, 5.74) is 4.30. The van der Waals surface area contributed by atoms with Crippen molar-refractivity contribution in [3.8, 4) is 0 Å². The van der Waals surface area contributed by atoms with Gasteiger partial charge >= 0.3 is 0 Å². The van der Waals surface area contributed by atoms with Gasteiger partial charge in [0.05, 0.1) is 17.4 Å². The Hall–Kier alpha value is -2.28. The van der Waals surface area contributed by atoms with Crippen LogP contribution >= 0.6 is 0 Å². The Kier molecular flexibility index (Phi) is 5.19. The summed E-state index contributed by atoms with van der Waals surface area (Å²) in [6.45, 7) is 9.57. The van der Waals surface area contributed by atoms with E-state index in [-0.39, 0.29) is 11.9 Å². The molecule has 1 fully saturated rings. The second kappa shape index (κ2) is 7.62. The summed E-state index contributed by atoms with van der Waals surface area (Å²) in [4.78, 5) is 26.6. The van der Waals surface area contributed by atoms with Crippen LogP contribution in [0.1, 0.15) is 60.2 Å². The Morgan fingerprint density at radius 1 is 1.32 bits per heavy atom. The van der Waals surface area contributed by atoms with Crippen LogP contribution < -0.4 is 0 Å². The topological polar surface area (TPSA) is 67.2 Å². The number of nitrogens with zero attached hydrogens (tertiary/aromatic N) is 6. The van der Waals surface area contributed by atoms with Gasteiger partial charge in [-0.05, 0) is 46.9 Å². The predicted octanol–water partition coefficient (Wildman–Crippen LogP) is 2.25. The normalized spacial score (nSPS) is 21.0. The van der Waals surface area contributed by atoms with Crippen LogP contribution in [0.2, 0.25) is 0 Å². The van der Waals surface area contributed by atoms with E-state index in [1.807, 2.05) is 29.6 Å². The Balaban J connectivity index is 1.40. The maximum atomic E-state index is 12.9. The largest absolute Gasteiger partial charge is 0.338 e. The van der Waals surface area contributed by atoms with Crippen molar-refractivity contribution in [1.82, 2.24) is 29.5 Å². The maximum Gasteiger partial charge on any atom is 0.225 e. The van der Waals surface area contributed by atoms with Gasteiger partial charge in [-0.25, -0.2) is 9.97 Å². The molecule has 0 aromatic carbocycles. The molecule has 7 heteroatoms. The van der Waals surface area contributed by atoms with Crippen LogP contribution in [-0.2, 0) is 17.8 Å². The highest BCUT2D eigenvalue weighted by molar-refractivity contribution is 5.76. The SMILES string of the molecule is Cc1cc(C)n([C@@H](C)CC(=O)N2CCc3nc([C@H]4CCN(C)C4)ncc3C2)n1. The number of aromatic nitrogens is 4. The molecule has 0 N–H and O–H groups in total. The lowest BCUT2D eigenvalue weighted by atomic mass is 10.0. The van der Waals surface area contributed by atoms with Crippen LogP contribution in [0.3, 0.4) is 0 Å². The molecule has 1 saturated heterocycles. The number of likely N-dealkylation sites (N-methyl/N-ethyl adjacent to an activating group) is 1. The molecule has 28 heavy (non-hydrogen) atoms. The molecule has 2 aliphatic heterocycles. The molecular weight excluding hydrogens is 352 g/mol. The molecular formula is C21H30N6O. The Bertz CT molecular complexity index is 876. The fourth-order valence-electron chi connectivity index (χ4n) is 4.45. The highest BCUT2D eigenvalue weighted by atomic mass is 16.2. The Morgan fingerprint density at radius 3 is 2.82 bits per heavy atom. The van der Waals surface area contributed by atoms with Gasteiger partial charge in [0.1, 0.15) is 5.82 Å². The monoisotopic (exact) mass is 382 g/mol.